The van der Waals surface area contributed by atoms with Crippen LogP contribution in [0, 0.1) is 6.92 Å². The first kappa shape index (κ1) is 17.5. The lowest BCUT2D eigenvalue weighted by Gasteiger charge is -2.14. The molecule has 0 aliphatic rings. The molecule has 4 heteroatoms. The van der Waals surface area contributed by atoms with E-state index in [1.54, 1.807) is 36.5 Å². The zero-order valence-corrected chi connectivity index (χ0v) is 14.8. The van der Waals surface area contributed by atoms with Crippen LogP contribution in [-0.4, -0.2) is 16.7 Å². The Morgan fingerprint density at radius 2 is 1.65 bits per heavy atom. The summed E-state index contributed by atoms with van der Waals surface area (Å²) in [6.45, 7) is 3.71. The molecule has 1 aromatic heterocycles. The highest BCUT2D eigenvalue weighted by Gasteiger charge is 2.18. The van der Waals surface area contributed by atoms with Gasteiger partial charge in [-0.05, 0) is 37.1 Å². The third kappa shape index (κ3) is 3.86. The summed E-state index contributed by atoms with van der Waals surface area (Å²) < 4.78 is 0. The van der Waals surface area contributed by atoms with Crippen molar-refractivity contribution in [3.05, 3.63) is 95.2 Å². The van der Waals surface area contributed by atoms with Crippen LogP contribution in [0.5, 0.6) is 0 Å². The summed E-state index contributed by atoms with van der Waals surface area (Å²) in [5.74, 6) is -0.0578. The molecule has 1 unspecified atom stereocenters. The van der Waals surface area contributed by atoms with Crippen LogP contribution in [0.2, 0.25) is 0 Å². The number of aromatic nitrogens is 1. The van der Waals surface area contributed by atoms with E-state index < -0.39 is 5.92 Å². The molecule has 3 aromatic rings. The Hall–Kier alpha value is -3.27. The van der Waals surface area contributed by atoms with Gasteiger partial charge in [-0.25, -0.2) is 4.98 Å². The number of rotatable bonds is 5. The fourth-order valence-corrected chi connectivity index (χ4v) is 2.70. The molecule has 1 N–H and O–H groups in total. The molecule has 0 aliphatic heterocycles. The fourth-order valence-electron chi connectivity index (χ4n) is 2.70. The molecule has 1 amide bonds. The Bertz CT molecular complexity index is 936. The zero-order chi connectivity index (χ0) is 18.5. The zero-order valence-electron chi connectivity index (χ0n) is 14.8. The first-order chi connectivity index (χ1) is 12.6. The Morgan fingerprint density at radius 1 is 0.923 bits per heavy atom. The van der Waals surface area contributed by atoms with Gasteiger partial charge in [-0.15, -0.1) is 0 Å². The van der Waals surface area contributed by atoms with Crippen molar-refractivity contribution in [3.8, 4) is 0 Å². The number of ketones is 1. The van der Waals surface area contributed by atoms with Crippen LogP contribution in [-0.2, 0) is 4.79 Å². The summed E-state index contributed by atoms with van der Waals surface area (Å²) in [7, 11) is 0. The SMILES string of the molecule is Cc1cccnc1NC(=O)C(C)c1cccc(C(=O)c2ccccc2)c1. The summed E-state index contributed by atoms with van der Waals surface area (Å²) in [5, 5.41) is 2.85. The van der Waals surface area contributed by atoms with Crippen LogP contribution in [0.3, 0.4) is 0 Å². The normalized spacial score (nSPS) is 11.6. The van der Waals surface area contributed by atoms with Gasteiger partial charge in [0.1, 0.15) is 5.82 Å². The second kappa shape index (κ2) is 7.74. The van der Waals surface area contributed by atoms with Crippen molar-refractivity contribution in [2.24, 2.45) is 0 Å². The number of carbonyl (C=O) groups excluding carboxylic acids is 2. The Morgan fingerprint density at radius 3 is 2.38 bits per heavy atom. The van der Waals surface area contributed by atoms with Crippen LogP contribution < -0.4 is 5.32 Å². The number of aryl methyl sites for hydroxylation is 1. The first-order valence-electron chi connectivity index (χ1n) is 8.48. The minimum absolute atomic E-state index is 0.0550. The maximum Gasteiger partial charge on any atom is 0.232 e. The van der Waals surface area contributed by atoms with Gasteiger partial charge in [0.25, 0.3) is 0 Å². The van der Waals surface area contributed by atoms with Gasteiger partial charge in [-0.1, -0.05) is 54.6 Å². The van der Waals surface area contributed by atoms with Crippen LogP contribution in [0.4, 0.5) is 5.82 Å². The van der Waals surface area contributed by atoms with E-state index in [4.69, 9.17) is 0 Å². The van der Waals surface area contributed by atoms with Gasteiger partial charge in [-0.2, -0.15) is 0 Å². The monoisotopic (exact) mass is 344 g/mol. The van der Waals surface area contributed by atoms with Crippen LogP contribution >= 0.6 is 0 Å². The average molecular weight is 344 g/mol. The molecule has 0 fully saturated rings. The number of benzene rings is 2. The maximum atomic E-state index is 12.6. The van der Waals surface area contributed by atoms with E-state index in [-0.39, 0.29) is 11.7 Å². The second-order valence-corrected chi connectivity index (χ2v) is 6.20. The maximum absolute atomic E-state index is 12.6. The number of hydrogen-bond acceptors (Lipinski definition) is 3. The lowest BCUT2D eigenvalue weighted by molar-refractivity contribution is -0.117. The van der Waals surface area contributed by atoms with Gasteiger partial charge in [0.15, 0.2) is 5.78 Å². The van der Waals surface area contributed by atoms with Crippen molar-refractivity contribution in [2.45, 2.75) is 19.8 Å². The van der Waals surface area contributed by atoms with E-state index in [0.717, 1.165) is 11.1 Å². The van der Waals surface area contributed by atoms with Gasteiger partial charge < -0.3 is 5.32 Å². The molecule has 2 aromatic carbocycles. The molecular weight excluding hydrogens is 324 g/mol. The molecular formula is C22H20N2O2. The van der Waals surface area contributed by atoms with E-state index in [0.29, 0.717) is 16.9 Å². The molecule has 0 bridgehead atoms. The summed E-state index contributed by atoms with van der Waals surface area (Å²) in [6, 6.07) is 20.1. The lowest BCUT2D eigenvalue weighted by Crippen LogP contribution is -2.20. The Kier molecular flexibility index (Phi) is 5.23. The number of amides is 1. The lowest BCUT2D eigenvalue weighted by atomic mass is 9.95. The fraction of sp³-hybridized carbons (Fsp3) is 0.136. The van der Waals surface area contributed by atoms with E-state index >= 15 is 0 Å². The summed E-state index contributed by atoms with van der Waals surface area (Å²) in [5.41, 5.74) is 2.90. The first-order valence-corrected chi connectivity index (χ1v) is 8.48. The quantitative estimate of drug-likeness (QED) is 0.700. The minimum Gasteiger partial charge on any atom is -0.310 e. The molecule has 1 atom stereocenters. The highest BCUT2D eigenvalue weighted by molar-refractivity contribution is 6.09. The molecule has 4 nitrogen and oxygen atoms in total. The number of carbonyl (C=O) groups is 2. The number of pyridine rings is 1. The van der Waals surface area contributed by atoms with Gasteiger partial charge in [0, 0.05) is 17.3 Å². The van der Waals surface area contributed by atoms with E-state index in [1.165, 1.54) is 0 Å². The summed E-state index contributed by atoms with van der Waals surface area (Å²) in [6.07, 6.45) is 1.65. The molecule has 130 valence electrons. The van der Waals surface area contributed by atoms with E-state index in [9.17, 15) is 9.59 Å². The second-order valence-electron chi connectivity index (χ2n) is 6.20. The number of nitrogens with one attached hydrogen (secondary N) is 1. The smallest absolute Gasteiger partial charge is 0.232 e. The van der Waals surface area contributed by atoms with Gasteiger partial charge in [0.05, 0.1) is 5.92 Å². The summed E-state index contributed by atoms with van der Waals surface area (Å²) in [4.78, 5) is 29.4. The van der Waals surface area contributed by atoms with E-state index in [1.807, 2.05) is 50.2 Å². The molecule has 0 aliphatic carbocycles. The van der Waals surface area contributed by atoms with Gasteiger partial charge >= 0.3 is 0 Å². The molecule has 1 heterocycles. The third-order valence-electron chi connectivity index (χ3n) is 4.33. The molecule has 0 saturated heterocycles. The minimum atomic E-state index is -0.403. The molecule has 0 saturated carbocycles. The van der Waals surface area contributed by atoms with Crippen molar-refractivity contribution < 1.29 is 9.59 Å². The van der Waals surface area contributed by atoms with Crippen molar-refractivity contribution in [1.29, 1.82) is 0 Å². The molecule has 0 spiro atoms. The van der Waals surface area contributed by atoms with E-state index in [2.05, 4.69) is 10.3 Å². The molecule has 0 radical (unpaired) electrons. The highest BCUT2D eigenvalue weighted by Crippen LogP contribution is 2.21. The number of hydrogen-bond donors (Lipinski definition) is 1. The number of anilines is 1. The predicted molar refractivity (Wildman–Crippen MR) is 102 cm³/mol. The third-order valence-corrected chi connectivity index (χ3v) is 4.33. The Balaban J connectivity index is 1.80. The predicted octanol–water partition coefficient (Wildman–Crippen LogP) is 4.36. The topological polar surface area (TPSA) is 59.1 Å². The average Bonchev–Trinajstić information content (AvgIpc) is 2.69. The largest absolute Gasteiger partial charge is 0.310 e. The van der Waals surface area contributed by atoms with Crippen molar-refractivity contribution >= 4 is 17.5 Å². The summed E-state index contributed by atoms with van der Waals surface area (Å²) >= 11 is 0. The van der Waals surface area contributed by atoms with Gasteiger partial charge in [0.2, 0.25) is 5.91 Å². The molecule has 3 rings (SSSR count). The van der Waals surface area contributed by atoms with Crippen LogP contribution in [0.1, 0.15) is 39.9 Å². The van der Waals surface area contributed by atoms with Crippen LogP contribution in [0.25, 0.3) is 0 Å². The Labute approximate surface area is 152 Å². The van der Waals surface area contributed by atoms with Crippen molar-refractivity contribution in [3.63, 3.8) is 0 Å². The number of nitrogens with zero attached hydrogens (tertiary/aromatic N) is 1. The van der Waals surface area contributed by atoms with Crippen molar-refractivity contribution in [2.75, 3.05) is 5.32 Å². The van der Waals surface area contributed by atoms with Gasteiger partial charge in [-0.3, -0.25) is 9.59 Å². The van der Waals surface area contributed by atoms with Crippen LogP contribution in [0.15, 0.2) is 72.9 Å². The standard InChI is InChI=1S/C22H20N2O2/c1-15-8-7-13-23-21(15)24-22(26)16(2)18-11-6-12-19(14-18)20(25)17-9-4-3-5-10-17/h3-14,16H,1-2H3,(H,23,24,26). The van der Waals surface area contributed by atoms with Crippen molar-refractivity contribution in [1.82, 2.24) is 4.98 Å². The highest BCUT2D eigenvalue weighted by atomic mass is 16.2. The molecule has 26 heavy (non-hydrogen) atoms.